The Morgan fingerprint density at radius 3 is 2.83 bits per heavy atom. The molecular formula is C17H16N4O3. The molecule has 0 saturated heterocycles. The van der Waals surface area contributed by atoms with Gasteiger partial charge in [-0.1, -0.05) is 12.1 Å². The molecule has 5 N–H and O–H groups in total. The Morgan fingerprint density at radius 2 is 2.08 bits per heavy atom. The Balaban J connectivity index is 2.04. The molecule has 7 nitrogen and oxygen atoms in total. The number of nitrogens with two attached hydrogens (primary N) is 1. The molecule has 0 atom stereocenters. The first kappa shape index (κ1) is 15.6. The molecule has 0 aliphatic rings. The van der Waals surface area contributed by atoms with Crippen LogP contribution in [0.1, 0.15) is 15.9 Å². The van der Waals surface area contributed by atoms with Crippen LogP contribution < -0.4 is 16.0 Å². The summed E-state index contributed by atoms with van der Waals surface area (Å²) < 4.78 is 10.7. The average molecular weight is 324 g/mol. The summed E-state index contributed by atoms with van der Waals surface area (Å²) in [6.07, 6.45) is 1.75. The number of hydrogen-bond acceptors (Lipinski definition) is 5. The van der Waals surface area contributed by atoms with Crippen LogP contribution in [0.3, 0.4) is 0 Å². The maximum Gasteiger partial charge on any atom is 0.342 e. The molecule has 0 aliphatic heterocycles. The largest absolute Gasteiger partial charge is 0.465 e. The second kappa shape index (κ2) is 6.43. The predicted octanol–water partition coefficient (Wildman–Crippen LogP) is 2.54. The third kappa shape index (κ3) is 2.80. The van der Waals surface area contributed by atoms with Crippen LogP contribution >= 0.6 is 0 Å². The number of aromatic amines is 1. The third-order valence-corrected chi connectivity index (χ3v) is 3.58. The first-order valence-corrected chi connectivity index (χ1v) is 7.16. The zero-order valence-corrected chi connectivity index (χ0v) is 12.9. The molecule has 7 heteroatoms. The van der Waals surface area contributed by atoms with E-state index in [0.717, 1.165) is 5.52 Å². The highest BCUT2D eigenvalue weighted by Gasteiger charge is 2.18. The van der Waals surface area contributed by atoms with Crippen molar-refractivity contribution in [1.29, 1.82) is 5.41 Å². The summed E-state index contributed by atoms with van der Waals surface area (Å²) >= 11 is 0. The number of carbonyl (C=O) groups is 1. The van der Waals surface area contributed by atoms with Gasteiger partial charge >= 0.3 is 5.97 Å². The van der Waals surface area contributed by atoms with Crippen molar-refractivity contribution in [3.8, 4) is 11.5 Å². The molecule has 24 heavy (non-hydrogen) atoms. The van der Waals surface area contributed by atoms with Crippen molar-refractivity contribution in [3.05, 3.63) is 59.8 Å². The Kier molecular flexibility index (Phi) is 4.17. The summed E-state index contributed by atoms with van der Waals surface area (Å²) in [5.41, 5.74) is 4.00. The number of fused-ring (bicyclic) bond motifs is 1. The number of esters is 1. The lowest BCUT2D eigenvalue weighted by Crippen LogP contribution is -2.29. The van der Waals surface area contributed by atoms with Gasteiger partial charge in [0, 0.05) is 22.7 Å². The number of H-pyrrole nitrogens is 1. The molecule has 0 saturated carbocycles. The van der Waals surface area contributed by atoms with Crippen LogP contribution in [-0.4, -0.2) is 23.9 Å². The molecule has 0 aliphatic carbocycles. The number of amidine groups is 1. The summed E-state index contributed by atoms with van der Waals surface area (Å²) in [7, 11) is 1.33. The van der Waals surface area contributed by atoms with Crippen molar-refractivity contribution in [1.82, 2.24) is 10.4 Å². The van der Waals surface area contributed by atoms with E-state index < -0.39 is 5.97 Å². The summed E-state index contributed by atoms with van der Waals surface area (Å²) in [4.78, 5) is 15.2. The summed E-state index contributed by atoms with van der Waals surface area (Å²) in [5.74, 6) is 5.69. The van der Waals surface area contributed by atoms with Crippen LogP contribution in [0.15, 0.2) is 48.7 Å². The number of aromatic nitrogens is 1. The fourth-order valence-corrected chi connectivity index (χ4v) is 2.44. The first-order valence-electron chi connectivity index (χ1n) is 7.16. The molecule has 1 heterocycles. The molecule has 3 rings (SSSR count). The van der Waals surface area contributed by atoms with E-state index >= 15 is 0 Å². The van der Waals surface area contributed by atoms with Crippen LogP contribution in [0.2, 0.25) is 0 Å². The number of benzene rings is 2. The van der Waals surface area contributed by atoms with Gasteiger partial charge in [0.1, 0.15) is 22.9 Å². The van der Waals surface area contributed by atoms with Crippen LogP contribution in [0.4, 0.5) is 0 Å². The highest BCUT2D eigenvalue weighted by molar-refractivity contribution is 6.06. The van der Waals surface area contributed by atoms with E-state index in [-0.39, 0.29) is 5.84 Å². The lowest BCUT2D eigenvalue weighted by molar-refractivity contribution is 0.0600. The number of hydrazine groups is 1. The van der Waals surface area contributed by atoms with Gasteiger partial charge in [0.15, 0.2) is 0 Å². The number of ether oxygens (including phenoxy) is 2. The standard InChI is InChI=1S/C17H16N4O3/c1-23-17(22)15-12-7-8-20-13(12)5-6-14(15)24-11-4-2-3-10(9-11)16(18)21-19/h2-9,20H,19H2,1H3,(H2,18,21). The Labute approximate surface area is 137 Å². The zero-order chi connectivity index (χ0) is 17.1. The molecule has 0 radical (unpaired) electrons. The van der Waals surface area contributed by atoms with E-state index in [1.165, 1.54) is 7.11 Å². The molecule has 1 aromatic heterocycles. The maximum atomic E-state index is 12.2. The van der Waals surface area contributed by atoms with E-state index in [2.05, 4.69) is 10.4 Å². The summed E-state index contributed by atoms with van der Waals surface area (Å²) in [5, 5.41) is 8.43. The van der Waals surface area contributed by atoms with Gasteiger partial charge in [0.05, 0.1) is 7.11 Å². The molecule has 0 amide bonds. The fourth-order valence-electron chi connectivity index (χ4n) is 2.44. The van der Waals surface area contributed by atoms with Gasteiger partial charge in [0.25, 0.3) is 0 Å². The molecule has 122 valence electrons. The number of hydrogen-bond donors (Lipinski definition) is 4. The van der Waals surface area contributed by atoms with Gasteiger partial charge in [-0.25, -0.2) is 10.6 Å². The average Bonchev–Trinajstić information content (AvgIpc) is 3.09. The highest BCUT2D eigenvalue weighted by atomic mass is 16.5. The number of carbonyl (C=O) groups excluding carboxylic acids is 1. The first-order chi connectivity index (χ1) is 11.6. The molecule has 0 spiro atoms. The Hall–Kier alpha value is -3.32. The summed E-state index contributed by atoms with van der Waals surface area (Å²) in [6, 6.07) is 12.2. The minimum Gasteiger partial charge on any atom is -0.465 e. The van der Waals surface area contributed by atoms with E-state index in [9.17, 15) is 4.79 Å². The van der Waals surface area contributed by atoms with Crippen molar-refractivity contribution >= 4 is 22.7 Å². The van der Waals surface area contributed by atoms with Crippen LogP contribution in [0.25, 0.3) is 10.9 Å². The smallest absolute Gasteiger partial charge is 0.342 e. The normalized spacial score (nSPS) is 10.4. The second-order valence-electron chi connectivity index (χ2n) is 5.02. The van der Waals surface area contributed by atoms with Gasteiger partial charge in [-0.3, -0.25) is 5.41 Å². The Morgan fingerprint density at radius 1 is 1.25 bits per heavy atom. The third-order valence-electron chi connectivity index (χ3n) is 3.58. The minimum atomic E-state index is -0.484. The van der Waals surface area contributed by atoms with Crippen molar-refractivity contribution in [2.75, 3.05) is 7.11 Å². The van der Waals surface area contributed by atoms with Crippen LogP contribution in [0.5, 0.6) is 11.5 Å². The summed E-state index contributed by atoms with van der Waals surface area (Å²) in [6.45, 7) is 0. The van der Waals surface area contributed by atoms with E-state index in [1.807, 2.05) is 6.07 Å². The molecule has 0 fully saturated rings. The zero-order valence-electron chi connectivity index (χ0n) is 12.9. The number of nitrogens with one attached hydrogen (secondary N) is 3. The van der Waals surface area contributed by atoms with Gasteiger partial charge in [-0.15, -0.1) is 0 Å². The van der Waals surface area contributed by atoms with Crippen LogP contribution in [0, 0.1) is 5.41 Å². The topological polar surface area (TPSA) is 113 Å². The molecular weight excluding hydrogens is 308 g/mol. The maximum absolute atomic E-state index is 12.2. The van der Waals surface area contributed by atoms with Crippen LogP contribution in [-0.2, 0) is 4.74 Å². The molecule has 2 aromatic carbocycles. The lowest BCUT2D eigenvalue weighted by atomic mass is 10.1. The van der Waals surface area contributed by atoms with E-state index in [0.29, 0.717) is 28.0 Å². The fraction of sp³-hybridized carbons (Fsp3) is 0.0588. The highest BCUT2D eigenvalue weighted by Crippen LogP contribution is 2.32. The van der Waals surface area contributed by atoms with Gasteiger partial charge in [-0.05, 0) is 30.3 Å². The predicted molar refractivity (Wildman–Crippen MR) is 90.3 cm³/mol. The van der Waals surface area contributed by atoms with Gasteiger partial charge in [-0.2, -0.15) is 0 Å². The molecule has 3 aromatic rings. The lowest BCUT2D eigenvalue weighted by Gasteiger charge is -2.12. The monoisotopic (exact) mass is 324 g/mol. The van der Waals surface area contributed by atoms with Gasteiger partial charge in [0.2, 0.25) is 0 Å². The Bertz CT molecular complexity index is 917. The number of rotatable bonds is 4. The van der Waals surface area contributed by atoms with E-state index in [4.69, 9.17) is 20.7 Å². The van der Waals surface area contributed by atoms with Crippen molar-refractivity contribution in [3.63, 3.8) is 0 Å². The molecule has 0 bridgehead atoms. The second-order valence-corrected chi connectivity index (χ2v) is 5.02. The SMILES string of the molecule is COC(=O)c1c(Oc2cccc(C(=N)NN)c2)ccc2[nH]ccc12. The minimum absolute atomic E-state index is 0.0646. The number of methoxy groups -OCH3 is 1. The van der Waals surface area contributed by atoms with Crippen molar-refractivity contribution < 1.29 is 14.3 Å². The molecule has 0 unspecified atom stereocenters. The van der Waals surface area contributed by atoms with Crippen molar-refractivity contribution in [2.24, 2.45) is 5.84 Å². The van der Waals surface area contributed by atoms with Gasteiger partial charge < -0.3 is 19.9 Å². The van der Waals surface area contributed by atoms with Crippen molar-refractivity contribution in [2.45, 2.75) is 0 Å². The van der Waals surface area contributed by atoms with E-state index in [1.54, 1.807) is 42.6 Å². The quantitative estimate of drug-likeness (QED) is 0.194.